The summed E-state index contributed by atoms with van der Waals surface area (Å²) in [6.07, 6.45) is 4.55. The van der Waals surface area contributed by atoms with Crippen molar-refractivity contribution < 1.29 is 0 Å². The van der Waals surface area contributed by atoms with Crippen molar-refractivity contribution in [3.05, 3.63) is 16.4 Å². The van der Waals surface area contributed by atoms with Gasteiger partial charge in [-0.15, -0.1) is 0 Å². The highest BCUT2D eigenvalue weighted by Crippen LogP contribution is 2.21. The average molecular weight is 244 g/mol. The van der Waals surface area contributed by atoms with E-state index in [-0.39, 0.29) is 0 Å². The third-order valence-electron chi connectivity index (χ3n) is 3.15. The molecule has 0 saturated carbocycles. The third kappa shape index (κ3) is 3.22. The summed E-state index contributed by atoms with van der Waals surface area (Å²) < 4.78 is 1.75. The van der Waals surface area contributed by atoms with Crippen LogP contribution in [0.2, 0.25) is 5.15 Å². The fraction of sp³-hybridized carbons (Fsp3) is 0.750. The summed E-state index contributed by atoms with van der Waals surface area (Å²) in [5.41, 5.74) is 2.26. The standard InChI is InChI=1S/C12H22ClN3/c1-5-10(14-3)7-6-8-11-9(2)15-16(4)12(11)13/h10,14H,5-8H2,1-4H3. The Bertz CT molecular complexity index is 329. The first-order valence-electron chi connectivity index (χ1n) is 5.95. The Morgan fingerprint density at radius 3 is 2.62 bits per heavy atom. The highest BCUT2D eigenvalue weighted by Gasteiger charge is 2.11. The summed E-state index contributed by atoms with van der Waals surface area (Å²) in [5.74, 6) is 0. The average Bonchev–Trinajstić information content (AvgIpc) is 2.50. The second-order valence-electron chi connectivity index (χ2n) is 4.26. The summed E-state index contributed by atoms with van der Waals surface area (Å²) in [6, 6.07) is 0.621. The van der Waals surface area contributed by atoms with Crippen LogP contribution >= 0.6 is 11.6 Å². The SMILES string of the molecule is CCC(CCCc1c(C)nn(C)c1Cl)NC. The monoisotopic (exact) mass is 243 g/mol. The molecule has 0 aliphatic carbocycles. The van der Waals surface area contributed by atoms with Gasteiger partial charge in [-0.25, -0.2) is 0 Å². The highest BCUT2D eigenvalue weighted by atomic mass is 35.5. The van der Waals surface area contributed by atoms with E-state index in [1.165, 1.54) is 18.4 Å². The van der Waals surface area contributed by atoms with Gasteiger partial charge in [0, 0.05) is 18.7 Å². The molecule has 0 aliphatic rings. The first-order chi connectivity index (χ1) is 7.60. The number of hydrogen-bond donors (Lipinski definition) is 1. The molecule has 0 amide bonds. The van der Waals surface area contributed by atoms with Gasteiger partial charge in [-0.2, -0.15) is 5.10 Å². The van der Waals surface area contributed by atoms with E-state index in [2.05, 4.69) is 17.3 Å². The topological polar surface area (TPSA) is 29.9 Å². The maximum atomic E-state index is 6.18. The summed E-state index contributed by atoms with van der Waals surface area (Å²) >= 11 is 6.18. The lowest BCUT2D eigenvalue weighted by molar-refractivity contribution is 0.491. The maximum Gasteiger partial charge on any atom is 0.130 e. The summed E-state index contributed by atoms with van der Waals surface area (Å²) in [6.45, 7) is 4.24. The zero-order valence-corrected chi connectivity index (χ0v) is 11.4. The van der Waals surface area contributed by atoms with E-state index in [0.717, 1.165) is 23.7 Å². The predicted molar refractivity (Wildman–Crippen MR) is 69.0 cm³/mol. The largest absolute Gasteiger partial charge is 0.317 e. The molecule has 1 rings (SSSR count). The minimum Gasteiger partial charge on any atom is -0.317 e. The fourth-order valence-corrected chi connectivity index (χ4v) is 2.30. The molecule has 16 heavy (non-hydrogen) atoms. The van der Waals surface area contributed by atoms with Crippen molar-refractivity contribution in [2.75, 3.05) is 7.05 Å². The van der Waals surface area contributed by atoms with Gasteiger partial charge in [-0.1, -0.05) is 18.5 Å². The van der Waals surface area contributed by atoms with Crippen LogP contribution in [0.4, 0.5) is 0 Å². The molecule has 1 N–H and O–H groups in total. The molecular weight excluding hydrogens is 222 g/mol. The Kier molecular flexibility index (Phi) is 5.29. The molecule has 92 valence electrons. The summed E-state index contributed by atoms with van der Waals surface area (Å²) in [4.78, 5) is 0. The van der Waals surface area contributed by atoms with E-state index in [1.807, 2.05) is 21.0 Å². The van der Waals surface area contributed by atoms with Gasteiger partial charge in [-0.3, -0.25) is 4.68 Å². The highest BCUT2D eigenvalue weighted by molar-refractivity contribution is 6.30. The van der Waals surface area contributed by atoms with Crippen LogP contribution in [0, 0.1) is 6.92 Å². The van der Waals surface area contributed by atoms with Crippen LogP contribution in [0.15, 0.2) is 0 Å². The second-order valence-corrected chi connectivity index (χ2v) is 4.62. The Morgan fingerprint density at radius 2 is 2.19 bits per heavy atom. The second kappa shape index (κ2) is 6.26. The van der Waals surface area contributed by atoms with Crippen LogP contribution in [0.5, 0.6) is 0 Å². The first-order valence-corrected chi connectivity index (χ1v) is 6.33. The van der Waals surface area contributed by atoms with Crippen LogP contribution in [0.1, 0.15) is 37.4 Å². The number of nitrogens with zero attached hydrogens (tertiary/aromatic N) is 2. The van der Waals surface area contributed by atoms with Crippen molar-refractivity contribution in [2.45, 2.75) is 45.6 Å². The number of nitrogens with one attached hydrogen (secondary N) is 1. The lowest BCUT2D eigenvalue weighted by Crippen LogP contribution is -2.23. The normalized spacial score (nSPS) is 13.1. The lowest BCUT2D eigenvalue weighted by atomic mass is 10.0. The number of halogens is 1. The van der Waals surface area contributed by atoms with Crippen molar-refractivity contribution in [1.82, 2.24) is 15.1 Å². The molecule has 0 aromatic carbocycles. The minimum absolute atomic E-state index is 0.621. The van der Waals surface area contributed by atoms with Gasteiger partial charge in [0.2, 0.25) is 0 Å². The van der Waals surface area contributed by atoms with Crippen LogP contribution < -0.4 is 5.32 Å². The molecule has 1 aromatic heterocycles. The number of rotatable bonds is 6. The number of aromatic nitrogens is 2. The van der Waals surface area contributed by atoms with Crippen molar-refractivity contribution >= 4 is 11.6 Å². The lowest BCUT2D eigenvalue weighted by Gasteiger charge is -2.12. The number of hydrogen-bond acceptors (Lipinski definition) is 2. The van der Waals surface area contributed by atoms with Gasteiger partial charge >= 0.3 is 0 Å². The van der Waals surface area contributed by atoms with Crippen LogP contribution in [-0.2, 0) is 13.5 Å². The van der Waals surface area contributed by atoms with Crippen LogP contribution in [-0.4, -0.2) is 22.9 Å². The van der Waals surface area contributed by atoms with E-state index >= 15 is 0 Å². The van der Waals surface area contributed by atoms with E-state index < -0.39 is 0 Å². The molecule has 0 spiro atoms. The minimum atomic E-state index is 0.621. The van der Waals surface area contributed by atoms with E-state index in [4.69, 9.17) is 11.6 Å². The molecule has 1 aromatic rings. The van der Waals surface area contributed by atoms with Gasteiger partial charge in [0.1, 0.15) is 5.15 Å². The molecule has 4 heteroatoms. The quantitative estimate of drug-likeness (QED) is 0.833. The van der Waals surface area contributed by atoms with E-state index in [9.17, 15) is 0 Å². The number of aryl methyl sites for hydroxylation is 2. The van der Waals surface area contributed by atoms with Crippen molar-refractivity contribution in [2.24, 2.45) is 7.05 Å². The van der Waals surface area contributed by atoms with Crippen molar-refractivity contribution in [3.8, 4) is 0 Å². The fourth-order valence-electron chi connectivity index (χ4n) is 2.04. The van der Waals surface area contributed by atoms with Gasteiger partial charge in [0.05, 0.1) is 5.69 Å². The van der Waals surface area contributed by atoms with Crippen LogP contribution in [0.3, 0.4) is 0 Å². The molecule has 0 aliphatic heterocycles. The van der Waals surface area contributed by atoms with Gasteiger partial charge in [0.25, 0.3) is 0 Å². The first kappa shape index (κ1) is 13.5. The summed E-state index contributed by atoms with van der Waals surface area (Å²) in [7, 11) is 3.91. The molecular formula is C12H22ClN3. The Morgan fingerprint density at radius 1 is 1.50 bits per heavy atom. The third-order valence-corrected chi connectivity index (χ3v) is 3.62. The van der Waals surface area contributed by atoms with Gasteiger partial charge in [0.15, 0.2) is 0 Å². The smallest absolute Gasteiger partial charge is 0.130 e. The summed E-state index contributed by atoms with van der Waals surface area (Å²) in [5, 5.41) is 8.42. The zero-order valence-electron chi connectivity index (χ0n) is 10.7. The van der Waals surface area contributed by atoms with E-state index in [1.54, 1.807) is 4.68 Å². The van der Waals surface area contributed by atoms with Crippen molar-refractivity contribution in [3.63, 3.8) is 0 Å². The maximum absolute atomic E-state index is 6.18. The predicted octanol–water partition coefficient (Wildman–Crippen LogP) is 2.70. The Hall–Kier alpha value is -0.540. The molecule has 0 radical (unpaired) electrons. The molecule has 0 fully saturated rings. The van der Waals surface area contributed by atoms with Gasteiger partial charge in [-0.05, 0) is 39.7 Å². The van der Waals surface area contributed by atoms with E-state index in [0.29, 0.717) is 6.04 Å². The molecule has 1 atom stereocenters. The molecule has 1 heterocycles. The molecule has 0 bridgehead atoms. The van der Waals surface area contributed by atoms with Crippen LogP contribution in [0.25, 0.3) is 0 Å². The Balaban J connectivity index is 2.48. The van der Waals surface area contributed by atoms with Crippen molar-refractivity contribution in [1.29, 1.82) is 0 Å². The molecule has 1 unspecified atom stereocenters. The van der Waals surface area contributed by atoms with Gasteiger partial charge < -0.3 is 5.32 Å². The Labute approximate surface area is 103 Å². The molecule has 3 nitrogen and oxygen atoms in total. The molecule has 0 saturated heterocycles. The zero-order chi connectivity index (χ0) is 12.1.